The van der Waals surface area contributed by atoms with Crippen molar-refractivity contribution >= 4 is 27.4 Å². The Bertz CT molecular complexity index is 826. The maximum Gasteiger partial charge on any atom is 0.421 e. The summed E-state index contributed by atoms with van der Waals surface area (Å²) in [4.78, 5) is 2.01. The minimum absolute atomic E-state index is 0.330. The fourth-order valence-corrected chi connectivity index (χ4v) is 2.86. The van der Waals surface area contributed by atoms with E-state index in [0.29, 0.717) is 25.3 Å². The Morgan fingerprint density at radius 1 is 1.16 bits per heavy atom. The van der Waals surface area contributed by atoms with Crippen molar-refractivity contribution in [3.63, 3.8) is 0 Å². The molecule has 0 spiro atoms. The summed E-state index contributed by atoms with van der Waals surface area (Å²) >= 11 is 0. The molecule has 2 aromatic rings. The molecular weight excluding hydrogens is 342 g/mol. The van der Waals surface area contributed by atoms with Crippen molar-refractivity contribution in [3.8, 4) is 0 Å². The van der Waals surface area contributed by atoms with Crippen molar-refractivity contribution in [1.29, 1.82) is 0 Å². The lowest BCUT2D eigenvalue weighted by molar-refractivity contribution is -0.657. The third kappa shape index (κ3) is 5.95. The summed E-state index contributed by atoms with van der Waals surface area (Å²) in [6.45, 7) is 0.574. The zero-order chi connectivity index (χ0) is 18.4. The van der Waals surface area contributed by atoms with Gasteiger partial charge < -0.3 is 9.45 Å². The quantitative estimate of drug-likeness (QED) is 0.310. The van der Waals surface area contributed by atoms with Crippen LogP contribution in [0.5, 0.6) is 0 Å². The number of imidazole rings is 1. The Morgan fingerprint density at radius 3 is 2.44 bits per heavy atom. The van der Waals surface area contributed by atoms with Crippen molar-refractivity contribution in [1.82, 2.24) is 4.57 Å². The number of rotatable bonds is 8. The molecule has 0 aliphatic rings. The molecular formula is C16H23N5O3S. The number of benzene rings is 1. The fourth-order valence-electron chi connectivity index (χ4n) is 2.30. The van der Waals surface area contributed by atoms with E-state index in [2.05, 4.69) is 10.2 Å². The molecule has 0 saturated heterocycles. The van der Waals surface area contributed by atoms with Gasteiger partial charge in [0, 0.05) is 30.6 Å². The number of hydrogen-bond acceptors (Lipinski definition) is 6. The van der Waals surface area contributed by atoms with Crippen molar-refractivity contribution in [2.24, 2.45) is 17.3 Å². The molecule has 0 bridgehead atoms. The Kier molecular flexibility index (Phi) is 6.27. The molecule has 1 heterocycles. The van der Waals surface area contributed by atoms with Gasteiger partial charge in [0.15, 0.2) is 0 Å². The van der Waals surface area contributed by atoms with E-state index in [1.807, 2.05) is 71.8 Å². The van der Waals surface area contributed by atoms with E-state index in [0.717, 1.165) is 11.4 Å². The van der Waals surface area contributed by atoms with Gasteiger partial charge in [0.25, 0.3) is 0 Å². The normalized spacial score (nSPS) is 12.0. The summed E-state index contributed by atoms with van der Waals surface area (Å²) in [5.41, 5.74) is 1.83. The number of aryl methyl sites for hydroxylation is 2. The number of nitrogens with zero attached hydrogens (tertiary/aromatic N) is 5. The van der Waals surface area contributed by atoms with E-state index in [1.54, 1.807) is 0 Å². The van der Waals surface area contributed by atoms with E-state index in [9.17, 15) is 13.0 Å². The number of aromatic nitrogens is 2. The van der Waals surface area contributed by atoms with Crippen molar-refractivity contribution < 1.29 is 17.5 Å². The summed E-state index contributed by atoms with van der Waals surface area (Å²) < 4.78 is 35.6. The minimum Gasteiger partial charge on any atom is -0.748 e. The van der Waals surface area contributed by atoms with Crippen LogP contribution >= 0.6 is 0 Å². The highest BCUT2D eigenvalue weighted by Gasteiger charge is 2.14. The second kappa shape index (κ2) is 8.21. The van der Waals surface area contributed by atoms with Crippen molar-refractivity contribution in [3.05, 3.63) is 36.7 Å². The number of hydrogen-bond donors (Lipinski definition) is 0. The lowest BCUT2D eigenvalue weighted by Gasteiger charge is -2.11. The Hall–Kier alpha value is -2.26. The molecule has 25 heavy (non-hydrogen) atoms. The third-order valence-corrected chi connectivity index (χ3v) is 4.50. The smallest absolute Gasteiger partial charge is 0.421 e. The summed E-state index contributed by atoms with van der Waals surface area (Å²) in [6.07, 6.45) is 4.62. The van der Waals surface area contributed by atoms with Crippen LogP contribution < -0.4 is 9.47 Å². The summed E-state index contributed by atoms with van der Waals surface area (Å²) in [5, 5.41) is 8.55. The fraction of sp³-hybridized carbons (Fsp3) is 0.438. The van der Waals surface area contributed by atoms with Crippen LogP contribution in [0.3, 0.4) is 0 Å². The topological polar surface area (TPSA) is 94.0 Å². The van der Waals surface area contributed by atoms with Crippen LogP contribution in [0.2, 0.25) is 0 Å². The van der Waals surface area contributed by atoms with Gasteiger partial charge in [0.1, 0.15) is 5.69 Å². The van der Waals surface area contributed by atoms with Crippen LogP contribution in [0.15, 0.2) is 46.9 Å². The minimum atomic E-state index is -4.15. The van der Waals surface area contributed by atoms with Crippen LogP contribution in [0.25, 0.3) is 0 Å². The highest BCUT2D eigenvalue weighted by Crippen LogP contribution is 2.20. The highest BCUT2D eigenvalue weighted by atomic mass is 32.2. The Morgan fingerprint density at radius 2 is 1.84 bits per heavy atom. The Balaban J connectivity index is 2.03. The number of unbranched alkanes of at least 4 members (excludes halogenated alkanes) is 1. The molecule has 0 atom stereocenters. The number of anilines is 1. The summed E-state index contributed by atoms with van der Waals surface area (Å²) in [6, 6.07) is 7.73. The van der Waals surface area contributed by atoms with E-state index < -0.39 is 10.1 Å². The molecule has 0 aliphatic carbocycles. The number of azo groups is 1. The third-order valence-electron chi connectivity index (χ3n) is 3.71. The molecule has 0 saturated carbocycles. The molecule has 8 nitrogen and oxygen atoms in total. The van der Waals surface area contributed by atoms with Gasteiger partial charge in [0.05, 0.1) is 36.1 Å². The van der Waals surface area contributed by atoms with E-state index >= 15 is 0 Å². The maximum absolute atomic E-state index is 10.6. The zero-order valence-corrected chi connectivity index (χ0v) is 15.5. The van der Waals surface area contributed by atoms with Crippen LogP contribution in [0.4, 0.5) is 17.3 Å². The van der Waals surface area contributed by atoms with Gasteiger partial charge in [-0.2, -0.15) is 0 Å². The van der Waals surface area contributed by atoms with Crippen LogP contribution in [-0.4, -0.2) is 37.4 Å². The van der Waals surface area contributed by atoms with Crippen LogP contribution in [-0.2, 0) is 23.7 Å². The molecule has 0 amide bonds. The first-order valence-electron chi connectivity index (χ1n) is 7.94. The van der Waals surface area contributed by atoms with Gasteiger partial charge in [0.2, 0.25) is 0 Å². The molecule has 9 heteroatoms. The predicted octanol–water partition coefficient (Wildman–Crippen LogP) is 2.12. The van der Waals surface area contributed by atoms with E-state index in [-0.39, 0.29) is 5.75 Å². The van der Waals surface area contributed by atoms with Gasteiger partial charge in [-0.05, 0) is 37.1 Å². The maximum atomic E-state index is 10.6. The first-order chi connectivity index (χ1) is 11.8. The highest BCUT2D eigenvalue weighted by molar-refractivity contribution is 7.85. The summed E-state index contributed by atoms with van der Waals surface area (Å²) in [7, 11) is 1.66. The molecule has 136 valence electrons. The standard InChI is InChI=1S/C16H23N5O3S/c1-19(2)15-8-6-14(7-9-15)17-18-16-20(3)11-12-21(16)10-4-5-13-25(22,23)24/h6-9,11-12H,4-5,10,13H2,1-3H3. The lowest BCUT2D eigenvalue weighted by Crippen LogP contribution is -2.25. The van der Waals surface area contributed by atoms with Crippen LogP contribution in [0.1, 0.15) is 12.8 Å². The first kappa shape index (κ1) is 19.1. The van der Waals surface area contributed by atoms with Crippen molar-refractivity contribution in [2.75, 3.05) is 24.7 Å². The molecule has 2 rings (SSSR count). The molecule has 0 N–H and O–H groups in total. The molecule has 0 fully saturated rings. The predicted molar refractivity (Wildman–Crippen MR) is 94.4 cm³/mol. The second-order valence-corrected chi connectivity index (χ2v) is 7.51. The molecule has 0 aliphatic heterocycles. The first-order valence-corrected chi connectivity index (χ1v) is 9.51. The average Bonchev–Trinajstić information content (AvgIpc) is 2.89. The lowest BCUT2D eigenvalue weighted by atomic mass is 10.3. The molecule has 1 aromatic carbocycles. The second-order valence-electron chi connectivity index (χ2n) is 5.98. The monoisotopic (exact) mass is 365 g/mol. The molecule has 1 aromatic heterocycles. The zero-order valence-electron chi connectivity index (χ0n) is 14.7. The SMILES string of the molecule is CN(C)c1ccc(N=Nc2n(CCCCS(=O)(=O)[O-])cc[n+]2C)cc1. The molecule has 0 unspecified atom stereocenters. The molecule has 0 radical (unpaired) electrons. The van der Waals surface area contributed by atoms with Gasteiger partial charge >= 0.3 is 5.95 Å². The Labute approximate surface area is 148 Å². The average molecular weight is 365 g/mol. The summed E-state index contributed by atoms with van der Waals surface area (Å²) in [5.74, 6) is 0.316. The largest absolute Gasteiger partial charge is 0.748 e. The van der Waals surface area contributed by atoms with Gasteiger partial charge in [-0.15, -0.1) is 0 Å². The van der Waals surface area contributed by atoms with Crippen molar-refractivity contribution in [2.45, 2.75) is 19.4 Å². The van der Waals surface area contributed by atoms with E-state index in [4.69, 9.17) is 0 Å². The van der Waals surface area contributed by atoms with Gasteiger partial charge in [-0.25, -0.2) is 17.6 Å². The van der Waals surface area contributed by atoms with Gasteiger partial charge in [-0.3, -0.25) is 0 Å². The van der Waals surface area contributed by atoms with Gasteiger partial charge in [-0.1, -0.05) is 5.11 Å². The van der Waals surface area contributed by atoms with E-state index in [1.165, 1.54) is 0 Å². The van der Waals surface area contributed by atoms with Crippen LogP contribution in [0, 0.1) is 0 Å².